The quantitative estimate of drug-likeness (QED) is 0.303. The van der Waals surface area contributed by atoms with E-state index < -0.39 is 23.5 Å². The van der Waals surface area contributed by atoms with E-state index in [1.165, 1.54) is 17.7 Å². The summed E-state index contributed by atoms with van der Waals surface area (Å²) in [5.74, 6) is -2.04. The number of fused-ring (bicyclic) bond motifs is 1. The number of aryl methyl sites for hydroxylation is 1. The van der Waals surface area contributed by atoms with Gasteiger partial charge in [-0.05, 0) is 94.5 Å². The first-order valence-corrected chi connectivity index (χ1v) is 13.2. The predicted molar refractivity (Wildman–Crippen MR) is 145 cm³/mol. The van der Waals surface area contributed by atoms with Gasteiger partial charge in [0.15, 0.2) is 0 Å². The zero-order chi connectivity index (χ0) is 28.4. The minimum absolute atomic E-state index is 0.0758. The number of aromatic carboxylic acids is 1. The van der Waals surface area contributed by atoms with Gasteiger partial charge in [-0.1, -0.05) is 42.5 Å². The lowest BCUT2D eigenvalue weighted by molar-refractivity contribution is -0.138. The van der Waals surface area contributed by atoms with Gasteiger partial charge >= 0.3 is 12.1 Å². The van der Waals surface area contributed by atoms with Crippen molar-refractivity contribution in [2.24, 2.45) is 0 Å². The highest BCUT2D eigenvalue weighted by Crippen LogP contribution is 2.44. The summed E-state index contributed by atoms with van der Waals surface area (Å²) in [6.45, 7) is 1.94. The Morgan fingerprint density at radius 1 is 0.950 bits per heavy atom. The molecule has 1 fully saturated rings. The number of allylic oxidation sites excluding steroid dienone is 1. The molecule has 1 aliphatic heterocycles. The summed E-state index contributed by atoms with van der Waals surface area (Å²) in [7, 11) is 0. The Morgan fingerprint density at radius 2 is 1.68 bits per heavy atom. The lowest BCUT2D eigenvalue weighted by Crippen LogP contribution is -2.40. The number of rotatable bonds is 7. The van der Waals surface area contributed by atoms with E-state index >= 15 is 0 Å². The summed E-state index contributed by atoms with van der Waals surface area (Å²) in [4.78, 5) is 13.8. The maximum absolute atomic E-state index is 14.1. The molecule has 3 aromatic rings. The summed E-state index contributed by atoms with van der Waals surface area (Å²) in [6.07, 6.45) is -0.871. The number of carbonyl (C=O) groups is 1. The van der Waals surface area contributed by atoms with Crippen LogP contribution in [0.15, 0.2) is 66.2 Å². The van der Waals surface area contributed by atoms with Gasteiger partial charge in [-0.15, -0.1) is 0 Å². The van der Waals surface area contributed by atoms with Gasteiger partial charge in [0.25, 0.3) is 0 Å². The van der Waals surface area contributed by atoms with Crippen LogP contribution in [0.5, 0.6) is 0 Å². The minimum atomic E-state index is -4.76. The monoisotopic (exact) mass is 553 g/mol. The molecule has 8 heteroatoms. The van der Waals surface area contributed by atoms with E-state index in [1.807, 2.05) is 24.3 Å². The second kappa shape index (κ2) is 11.4. The molecular formula is C32H28F5NO2. The standard InChI is InChI=1S/C32H28F5NO2/c33-13-2-14-38-18-21(19-38)15-20-5-7-22(8-6-20)30-26-11-9-24(31(39)40)16-23(26)3-1-4-28(30)27-12-10-25(34)17-29(27)32(35,36)37/h5-12,15-17H,1-4,13-14,18-19H2,(H,39,40). The molecule has 0 amide bonds. The van der Waals surface area contributed by atoms with E-state index in [4.69, 9.17) is 0 Å². The number of alkyl halides is 4. The minimum Gasteiger partial charge on any atom is -0.478 e. The van der Waals surface area contributed by atoms with Crippen LogP contribution in [0, 0.1) is 5.82 Å². The zero-order valence-electron chi connectivity index (χ0n) is 21.7. The van der Waals surface area contributed by atoms with Gasteiger partial charge in [0.1, 0.15) is 5.82 Å². The number of likely N-dealkylation sites (tertiary alicyclic amines) is 1. The largest absolute Gasteiger partial charge is 0.478 e. The van der Waals surface area contributed by atoms with Gasteiger partial charge < -0.3 is 5.11 Å². The predicted octanol–water partition coefficient (Wildman–Crippen LogP) is 7.90. The molecule has 3 aromatic carbocycles. The van der Waals surface area contributed by atoms with Crippen LogP contribution >= 0.6 is 0 Å². The fourth-order valence-corrected chi connectivity index (χ4v) is 5.58. The van der Waals surface area contributed by atoms with Gasteiger partial charge in [-0.3, -0.25) is 9.29 Å². The Labute approximate surface area is 229 Å². The molecule has 0 unspecified atom stereocenters. The second-order valence-electron chi connectivity index (χ2n) is 10.2. The van der Waals surface area contributed by atoms with E-state index in [2.05, 4.69) is 11.0 Å². The Balaban J connectivity index is 1.61. The smallest absolute Gasteiger partial charge is 0.417 e. The highest BCUT2D eigenvalue weighted by Gasteiger charge is 2.36. The number of carboxylic acids is 1. The summed E-state index contributed by atoms with van der Waals surface area (Å²) in [6, 6.07) is 15.0. The average Bonchev–Trinajstić information content (AvgIpc) is 3.09. The third-order valence-corrected chi connectivity index (χ3v) is 7.44. The summed E-state index contributed by atoms with van der Waals surface area (Å²) in [5, 5.41) is 9.51. The molecule has 1 aliphatic carbocycles. The maximum atomic E-state index is 14.1. The highest BCUT2D eigenvalue weighted by molar-refractivity contribution is 6.01. The summed E-state index contributed by atoms with van der Waals surface area (Å²) < 4.78 is 68.6. The molecule has 0 spiro atoms. The fourth-order valence-electron chi connectivity index (χ4n) is 5.58. The van der Waals surface area contributed by atoms with Crippen LogP contribution in [0.3, 0.4) is 0 Å². The molecule has 2 aliphatic rings. The van der Waals surface area contributed by atoms with E-state index in [9.17, 15) is 31.9 Å². The zero-order valence-corrected chi connectivity index (χ0v) is 21.7. The molecule has 0 aromatic heterocycles. The van der Waals surface area contributed by atoms with Crippen molar-refractivity contribution in [2.45, 2.75) is 31.9 Å². The van der Waals surface area contributed by atoms with Crippen molar-refractivity contribution in [3.05, 3.63) is 111 Å². The van der Waals surface area contributed by atoms with Crippen molar-refractivity contribution < 1.29 is 31.9 Å². The Morgan fingerprint density at radius 3 is 2.35 bits per heavy atom. The molecule has 0 bridgehead atoms. The van der Waals surface area contributed by atoms with Gasteiger partial charge in [0.05, 0.1) is 17.8 Å². The first-order chi connectivity index (χ1) is 19.1. The molecule has 1 N–H and O–H groups in total. The van der Waals surface area contributed by atoms with E-state index in [0.29, 0.717) is 54.0 Å². The molecule has 0 atom stereocenters. The van der Waals surface area contributed by atoms with Crippen LogP contribution in [0.25, 0.3) is 17.2 Å². The van der Waals surface area contributed by atoms with E-state index in [-0.39, 0.29) is 17.8 Å². The third kappa shape index (κ3) is 5.87. The van der Waals surface area contributed by atoms with Crippen LogP contribution in [0.2, 0.25) is 0 Å². The van der Waals surface area contributed by atoms with Gasteiger partial charge in [0, 0.05) is 19.6 Å². The molecule has 3 nitrogen and oxygen atoms in total. The average molecular weight is 554 g/mol. The number of nitrogens with zero attached hydrogens (tertiary/aromatic N) is 1. The second-order valence-corrected chi connectivity index (χ2v) is 10.2. The first-order valence-electron chi connectivity index (χ1n) is 13.2. The number of carboxylic acid groups (broad SMARTS) is 1. The highest BCUT2D eigenvalue weighted by atomic mass is 19.4. The summed E-state index contributed by atoms with van der Waals surface area (Å²) in [5.41, 5.74) is 4.30. The Bertz CT molecular complexity index is 1480. The van der Waals surface area contributed by atoms with Crippen LogP contribution < -0.4 is 0 Å². The number of hydrogen-bond acceptors (Lipinski definition) is 2. The van der Waals surface area contributed by atoms with E-state index in [0.717, 1.165) is 36.8 Å². The van der Waals surface area contributed by atoms with Crippen molar-refractivity contribution in [3.63, 3.8) is 0 Å². The molecular weight excluding hydrogens is 525 g/mol. The SMILES string of the molecule is O=C(O)c1ccc2c(c1)CCCC(c1ccc(F)cc1C(F)(F)F)=C2c1ccc(C=C2CN(CCCF)C2)cc1. The van der Waals surface area contributed by atoms with Crippen molar-refractivity contribution >= 4 is 23.2 Å². The van der Waals surface area contributed by atoms with Crippen LogP contribution in [-0.2, 0) is 12.6 Å². The van der Waals surface area contributed by atoms with Gasteiger partial charge in [-0.2, -0.15) is 13.2 Å². The molecule has 1 heterocycles. The number of benzene rings is 3. The third-order valence-electron chi connectivity index (χ3n) is 7.44. The molecule has 1 saturated heterocycles. The Kier molecular flexibility index (Phi) is 7.90. The molecule has 0 saturated carbocycles. The van der Waals surface area contributed by atoms with Crippen LogP contribution in [-0.4, -0.2) is 42.3 Å². The maximum Gasteiger partial charge on any atom is 0.417 e. The van der Waals surface area contributed by atoms with Gasteiger partial charge in [0.2, 0.25) is 0 Å². The van der Waals surface area contributed by atoms with Crippen molar-refractivity contribution in [2.75, 3.05) is 26.3 Å². The summed E-state index contributed by atoms with van der Waals surface area (Å²) >= 11 is 0. The fraction of sp³-hybridized carbons (Fsp3) is 0.281. The Hall–Kier alpha value is -3.78. The lowest BCUT2D eigenvalue weighted by Gasteiger charge is -2.33. The molecule has 208 valence electrons. The van der Waals surface area contributed by atoms with E-state index in [1.54, 1.807) is 12.1 Å². The van der Waals surface area contributed by atoms with Gasteiger partial charge in [-0.25, -0.2) is 9.18 Å². The lowest BCUT2D eigenvalue weighted by atomic mass is 9.85. The normalized spacial score (nSPS) is 15.9. The topological polar surface area (TPSA) is 40.5 Å². The molecule has 0 radical (unpaired) electrons. The first kappa shape index (κ1) is 27.8. The van der Waals surface area contributed by atoms with Crippen molar-refractivity contribution in [1.82, 2.24) is 4.90 Å². The van der Waals surface area contributed by atoms with Crippen molar-refractivity contribution in [3.8, 4) is 0 Å². The number of hydrogen-bond donors (Lipinski definition) is 1. The molecule has 40 heavy (non-hydrogen) atoms. The van der Waals surface area contributed by atoms with Crippen LogP contribution in [0.1, 0.15) is 63.0 Å². The molecule has 5 rings (SSSR count). The van der Waals surface area contributed by atoms with Crippen LogP contribution in [0.4, 0.5) is 22.0 Å². The number of halogens is 5. The van der Waals surface area contributed by atoms with Crippen molar-refractivity contribution in [1.29, 1.82) is 0 Å².